The molecule has 3 heterocycles. The fraction of sp³-hybridized carbons (Fsp3) is 0.0364. The molecule has 3 aromatic heterocycles. The molecule has 0 saturated heterocycles. The number of rotatable bonds is 7. The van der Waals surface area contributed by atoms with E-state index in [9.17, 15) is 0 Å². The quantitative estimate of drug-likeness (QED) is 0.161. The second kappa shape index (κ2) is 14.1. The summed E-state index contributed by atoms with van der Waals surface area (Å²) >= 11 is 1.87. The molecule has 284 valence electrons. The smallest absolute Gasteiger partial charge is 0.227 e. The van der Waals surface area contributed by atoms with Crippen LogP contribution in [0.1, 0.15) is 17.9 Å². The van der Waals surface area contributed by atoms with E-state index in [2.05, 4.69) is 185 Å². The van der Waals surface area contributed by atoms with Crippen molar-refractivity contribution in [2.24, 2.45) is 0 Å². The predicted molar refractivity (Wildman–Crippen MR) is 253 cm³/mol. The maximum absolute atomic E-state index is 6.47. The van der Waals surface area contributed by atoms with Crippen LogP contribution in [0, 0.1) is 0 Å². The summed E-state index contributed by atoms with van der Waals surface area (Å²) in [4.78, 5) is 7.31. The molecule has 1 atom stereocenters. The zero-order valence-electron chi connectivity index (χ0n) is 32.6. The van der Waals surface area contributed by atoms with E-state index in [0.717, 1.165) is 62.2 Å². The van der Waals surface area contributed by atoms with Gasteiger partial charge in [-0.1, -0.05) is 109 Å². The summed E-state index contributed by atoms with van der Waals surface area (Å²) in [7, 11) is 0. The number of hydrogen-bond acceptors (Lipinski definition) is 4. The summed E-state index contributed by atoms with van der Waals surface area (Å²) in [6.45, 7) is 0. The van der Waals surface area contributed by atoms with Gasteiger partial charge in [0.25, 0.3) is 0 Å². The first-order valence-electron chi connectivity index (χ1n) is 20.5. The van der Waals surface area contributed by atoms with E-state index in [1.54, 1.807) is 0 Å². The second-order valence-corrected chi connectivity index (χ2v) is 16.6. The van der Waals surface area contributed by atoms with Crippen molar-refractivity contribution in [3.8, 4) is 22.6 Å². The lowest BCUT2D eigenvalue weighted by atomic mass is 9.90. The zero-order chi connectivity index (χ0) is 39.6. The highest BCUT2D eigenvalue weighted by molar-refractivity contribution is 7.25. The molecule has 8 aromatic carbocycles. The van der Waals surface area contributed by atoms with Gasteiger partial charge in [0, 0.05) is 65.2 Å². The lowest BCUT2D eigenvalue weighted by Crippen LogP contribution is -2.09. The van der Waals surface area contributed by atoms with E-state index in [1.807, 2.05) is 41.7 Å². The SMILES string of the molecule is C1=CC(c2ccc3sc4ccccc4c3c2)CC(n2c3ccc(-c4ccc(N(c5ccccc5)c5ccccc5)cc4)cc3c3cc4oc(-c5ccccc5)nc4cc32)=C1. The van der Waals surface area contributed by atoms with Gasteiger partial charge in [-0.25, -0.2) is 4.98 Å². The summed E-state index contributed by atoms with van der Waals surface area (Å²) < 4.78 is 11.6. The van der Waals surface area contributed by atoms with Crippen LogP contribution in [-0.2, 0) is 0 Å². The van der Waals surface area contributed by atoms with Gasteiger partial charge in [-0.3, -0.25) is 0 Å². The molecular formula is C55H37N3OS. The zero-order valence-corrected chi connectivity index (χ0v) is 33.4. The molecule has 0 radical (unpaired) electrons. The van der Waals surface area contributed by atoms with E-state index < -0.39 is 0 Å². The largest absolute Gasteiger partial charge is 0.436 e. The molecule has 1 aliphatic rings. The van der Waals surface area contributed by atoms with Crippen molar-refractivity contribution in [1.29, 1.82) is 0 Å². The molecule has 11 aromatic rings. The molecule has 0 fully saturated rings. The molecule has 0 bridgehead atoms. The van der Waals surface area contributed by atoms with Crippen LogP contribution in [0.5, 0.6) is 0 Å². The number of anilines is 3. The highest BCUT2D eigenvalue weighted by atomic mass is 32.1. The van der Waals surface area contributed by atoms with Crippen molar-refractivity contribution < 1.29 is 4.42 Å². The highest BCUT2D eigenvalue weighted by Gasteiger charge is 2.23. The number of fused-ring (bicyclic) bond motifs is 7. The van der Waals surface area contributed by atoms with Gasteiger partial charge < -0.3 is 13.9 Å². The van der Waals surface area contributed by atoms with Crippen LogP contribution in [0.4, 0.5) is 17.1 Å². The summed E-state index contributed by atoms with van der Waals surface area (Å²) in [6.07, 6.45) is 7.75. The van der Waals surface area contributed by atoms with E-state index in [1.165, 1.54) is 42.3 Å². The summed E-state index contributed by atoms with van der Waals surface area (Å²) in [5.74, 6) is 0.872. The fourth-order valence-corrected chi connectivity index (χ4v) is 10.2. The fourth-order valence-electron chi connectivity index (χ4n) is 9.07. The van der Waals surface area contributed by atoms with Gasteiger partial charge in [-0.15, -0.1) is 11.3 Å². The Balaban J connectivity index is 0.970. The third kappa shape index (κ3) is 5.85. The van der Waals surface area contributed by atoms with Crippen LogP contribution < -0.4 is 4.90 Å². The molecule has 60 heavy (non-hydrogen) atoms. The van der Waals surface area contributed by atoms with Crippen molar-refractivity contribution in [3.63, 3.8) is 0 Å². The Morgan fingerprint density at radius 2 is 1.20 bits per heavy atom. The third-order valence-electron chi connectivity index (χ3n) is 12.0. The first-order chi connectivity index (χ1) is 29.7. The number of oxazole rings is 1. The molecule has 1 unspecified atom stereocenters. The number of para-hydroxylation sites is 2. The molecule has 0 aliphatic heterocycles. The Labute approximate surface area is 351 Å². The normalized spacial score (nSPS) is 14.1. The van der Waals surface area contributed by atoms with E-state index >= 15 is 0 Å². The van der Waals surface area contributed by atoms with Crippen molar-refractivity contribution in [2.45, 2.75) is 12.3 Å². The van der Waals surface area contributed by atoms with Gasteiger partial charge in [0.1, 0.15) is 5.52 Å². The molecule has 5 heteroatoms. The molecule has 4 nitrogen and oxygen atoms in total. The molecule has 1 aliphatic carbocycles. The highest BCUT2D eigenvalue weighted by Crippen LogP contribution is 2.43. The first kappa shape index (κ1) is 34.6. The summed E-state index contributed by atoms with van der Waals surface area (Å²) in [6, 6.07) is 67.3. The molecule has 12 rings (SSSR count). The summed E-state index contributed by atoms with van der Waals surface area (Å²) in [5.41, 5.74) is 13.1. The van der Waals surface area contributed by atoms with Crippen molar-refractivity contribution in [1.82, 2.24) is 9.55 Å². The number of nitrogens with zero attached hydrogens (tertiary/aromatic N) is 3. The molecule has 0 spiro atoms. The minimum atomic E-state index is 0.241. The Hall–Kier alpha value is -7.47. The van der Waals surface area contributed by atoms with Gasteiger partial charge in [0.05, 0.1) is 11.0 Å². The third-order valence-corrected chi connectivity index (χ3v) is 13.1. The molecule has 0 saturated carbocycles. The van der Waals surface area contributed by atoms with E-state index in [0.29, 0.717) is 5.89 Å². The average Bonchev–Trinajstić information content (AvgIpc) is 4.00. The van der Waals surface area contributed by atoms with Gasteiger partial charge in [-0.05, 0) is 120 Å². The van der Waals surface area contributed by atoms with Crippen LogP contribution in [0.15, 0.2) is 211 Å². The Bertz CT molecular complexity index is 3410. The van der Waals surface area contributed by atoms with Gasteiger partial charge >= 0.3 is 0 Å². The number of aromatic nitrogens is 2. The Morgan fingerprint density at radius 1 is 0.533 bits per heavy atom. The minimum absolute atomic E-state index is 0.241. The molecule has 0 N–H and O–H groups in total. The molecular weight excluding hydrogens is 751 g/mol. The number of allylic oxidation sites excluding steroid dienone is 4. The van der Waals surface area contributed by atoms with Gasteiger partial charge in [0.2, 0.25) is 5.89 Å². The van der Waals surface area contributed by atoms with Crippen LogP contribution in [0.3, 0.4) is 0 Å². The van der Waals surface area contributed by atoms with E-state index in [-0.39, 0.29) is 5.92 Å². The van der Waals surface area contributed by atoms with Crippen LogP contribution >= 0.6 is 11.3 Å². The van der Waals surface area contributed by atoms with Crippen LogP contribution in [0.2, 0.25) is 0 Å². The standard InChI is InChI=1S/C55H37N3OS/c1-4-13-37(14-5-1)55-56-49-35-51-47(34-52(49)59-55)46-32-39(36-23-27-43(28-24-36)57(41-16-6-2-7-17-41)42-18-8-3-9-19-42)25-29-50(46)58(51)44-20-12-15-38(31-44)40-26-30-54-48(33-40)45-21-10-11-22-53(45)60-54/h1-30,32-35,38H,31H2. The topological polar surface area (TPSA) is 34.2 Å². The van der Waals surface area contributed by atoms with Gasteiger partial charge in [-0.2, -0.15) is 0 Å². The average molecular weight is 788 g/mol. The number of hydrogen-bond donors (Lipinski definition) is 0. The molecule has 0 amide bonds. The van der Waals surface area contributed by atoms with Crippen molar-refractivity contribution in [2.75, 3.05) is 4.90 Å². The van der Waals surface area contributed by atoms with E-state index in [4.69, 9.17) is 9.40 Å². The number of benzene rings is 8. The van der Waals surface area contributed by atoms with Crippen LogP contribution in [-0.4, -0.2) is 9.55 Å². The Morgan fingerprint density at radius 3 is 1.98 bits per heavy atom. The van der Waals surface area contributed by atoms with Crippen molar-refractivity contribution >= 4 is 87.2 Å². The lowest BCUT2D eigenvalue weighted by Gasteiger charge is -2.25. The monoisotopic (exact) mass is 787 g/mol. The summed E-state index contributed by atoms with van der Waals surface area (Å²) in [5, 5.41) is 4.99. The maximum atomic E-state index is 6.47. The maximum Gasteiger partial charge on any atom is 0.227 e. The van der Waals surface area contributed by atoms with Crippen LogP contribution in [0.25, 0.3) is 81.4 Å². The predicted octanol–water partition coefficient (Wildman–Crippen LogP) is 15.7. The number of thiophene rings is 1. The van der Waals surface area contributed by atoms with Gasteiger partial charge in [0.15, 0.2) is 5.58 Å². The lowest BCUT2D eigenvalue weighted by molar-refractivity contribution is 0.620. The Kier molecular flexibility index (Phi) is 8.13. The second-order valence-electron chi connectivity index (χ2n) is 15.6. The minimum Gasteiger partial charge on any atom is -0.436 e. The first-order valence-corrected chi connectivity index (χ1v) is 21.3. The van der Waals surface area contributed by atoms with Crippen molar-refractivity contribution in [3.05, 3.63) is 212 Å².